The molecule has 0 spiro atoms. The van der Waals surface area contributed by atoms with Crippen molar-refractivity contribution in [2.24, 2.45) is 0 Å². The zero-order valence-electron chi connectivity index (χ0n) is 24.9. The Kier molecular flexibility index (Phi) is 14.6. The summed E-state index contributed by atoms with van der Waals surface area (Å²) in [7, 11) is 2.72. The summed E-state index contributed by atoms with van der Waals surface area (Å²) in [6.07, 6.45) is 7.90. The molecular formula is C32H40Cl2N2O6. The normalized spacial score (nSPS) is 14.0. The minimum atomic E-state index is -0.498. The van der Waals surface area contributed by atoms with Gasteiger partial charge in [0.25, 0.3) is 0 Å². The van der Waals surface area contributed by atoms with Gasteiger partial charge in [-0.05, 0) is 91.8 Å². The molecular weight excluding hydrogens is 579 g/mol. The summed E-state index contributed by atoms with van der Waals surface area (Å²) in [5.41, 5.74) is 6.46. The van der Waals surface area contributed by atoms with E-state index in [1.54, 1.807) is 17.1 Å². The molecule has 228 valence electrons. The highest BCUT2D eigenvalue weighted by atomic mass is 35.5. The Morgan fingerprint density at radius 2 is 1.38 bits per heavy atom. The van der Waals surface area contributed by atoms with E-state index in [0.29, 0.717) is 13.1 Å². The van der Waals surface area contributed by atoms with Gasteiger partial charge < -0.3 is 24.4 Å². The maximum Gasteiger partial charge on any atom is 0.410 e. The third-order valence-electron chi connectivity index (χ3n) is 6.24. The van der Waals surface area contributed by atoms with Gasteiger partial charge in [-0.15, -0.1) is 23.2 Å². The third-order valence-corrected chi connectivity index (χ3v) is 6.24. The van der Waals surface area contributed by atoms with Crippen molar-refractivity contribution in [2.75, 3.05) is 32.6 Å². The zero-order chi connectivity index (χ0) is 31.1. The number of nitrogens with zero attached hydrogens (tertiary/aromatic N) is 1. The standard InChI is InChI=1S/C18H23NO4.C13H15NO2.CH2Cl2/c1-18(2,3)23-17(21)19-10-9-14-7-5-13(11-15(14)12-19)6-8-16(20)22-4;1-16-13(15)5-3-10-2-4-11-6-7-14-9-12(11)8-10;2-1-3/h5-8,11H,9-10,12H2,1-4H3;2-5,8,14H,6-7,9H2,1H3;1H2/b8-6+;5-3+;. The second kappa shape index (κ2) is 17.6. The molecule has 10 heteroatoms. The lowest BCUT2D eigenvalue weighted by atomic mass is 9.97. The van der Waals surface area contributed by atoms with E-state index in [0.717, 1.165) is 42.6 Å². The third kappa shape index (κ3) is 12.3. The molecule has 2 aliphatic heterocycles. The van der Waals surface area contributed by atoms with Crippen LogP contribution in [0.3, 0.4) is 0 Å². The summed E-state index contributed by atoms with van der Waals surface area (Å²) in [5.74, 6) is -0.714. The first-order valence-corrected chi connectivity index (χ1v) is 14.6. The van der Waals surface area contributed by atoms with E-state index in [4.69, 9.17) is 27.9 Å². The van der Waals surface area contributed by atoms with Crippen LogP contribution < -0.4 is 5.32 Å². The smallest absolute Gasteiger partial charge is 0.410 e. The van der Waals surface area contributed by atoms with Gasteiger partial charge in [0.05, 0.1) is 19.6 Å². The number of carbonyl (C=O) groups is 3. The molecule has 0 atom stereocenters. The molecule has 2 aromatic carbocycles. The number of methoxy groups -OCH3 is 2. The van der Waals surface area contributed by atoms with Crippen LogP contribution in [0.2, 0.25) is 0 Å². The summed E-state index contributed by atoms with van der Waals surface area (Å²) in [5, 5.41) is 3.52. The van der Waals surface area contributed by atoms with Gasteiger partial charge in [-0.25, -0.2) is 14.4 Å². The number of halogens is 2. The minimum Gasteiger partial charge on any atom is -0.466 e. The van der Waals surface area contributed by atoms with Crippen LogP contribution in [-0.4, -0.2) is 61.2 Å². The fourth-order valence-electron chi connectivity index (χ4n) is 4.23. The second-order valence-electron chi connectivity index (χ2n) is 10.4. The molecule has 4 rings (SSSR count). The van der Waals surface area contributed by atoms with E-state index in [-0.39, 0.29) is 17.4 Å². The number of rotatable bonds is 4. The van der Waals surface area contributed by atoms with Crippen LogP contribution in [0.1, 0.15) is 54.2 Å². The van der Waals surface area contributed by atoms with E-state index < -0.39 is 11.6 Å². The molecule has 2 aromatic rings. The van der Waals surface area contributed by atoms with Crippen molar-refractivity contribution in [1.82, 2.24) is 10.2 Å². The van der Waals surface area contributed by atoms with Crippen LogP contribution in [0, 0.1) is 0 Å². The summed E-state index contributed by atoms with van der Waals surface area (Å²) in [6, 6.07) is 12.3. The summed E-state index contributed by atoms with van der Waals surface area (Å²) < 4.78 is 14.6. The second-order valence-corrected chi connectivity index (χ2v) is 11.3. The van der Waals surface area contributed by atoms with E-state index in [1.165, 1.54) is 43.1 Å². The predicted molar refractivity (Wildman–Crippen MR) is 167 cm³/mol. The SMILES string of the molecule is COC(=O)/C=C/c1ccc2c(c1)CN(C(=O)OC(C)(C)C)CC2.COC(=O)/C=C/c1ccc2c(c1)CNCC2.ClCCl. The van der Waals surface area contributed by atoms with Crippen molar-refractivity contribution < 1.29 is 28.6 Å². The number of hydrogen-bond donors (Lipinski definition) is 1. The number of amides is 1. The van der Waals surface area contributed by atoms with Crippen LogP contribution in [-0.2, 0) is 49.7 Å². The Morgan fingerprint density at radius 1 is 0.857 bits per heavy atom. The Hall–Kier alpha value is -3.33. The lowest BCUT2D eigenvalue weighted by Gasteiger charge is -2.31. The van der Waals surface area contributed by atoms with E-state index in [2.05, 4.69) is 26.9 Å². The molecule has 0 aliphatic carbocycles. The van der Waals surface area contributed by atoms with Gasteiger partial charge in [-0.3, -0.25) is 0 Å². The first-order chi connectivity index (χ1) is 20.0. The predicted octanol–water partition coefficient (Wildman–Crippen LogP) is 6.11. The van der Waals surface area contributed by atoms with Gasteiger partial charge in [-0.2, -0.15) is 0 Å². The molecule has 0 aromatic heterocycles. The van der Waals surface area contributed by atoms with Crippen molar-refractivity contribution in [3.63, 3.8) is 0 Å². The Bertz CT molecular complexity index is 1270. The van der Waals surface area contributed by atoms with Crippen LogP contribution in [0.4, 0.5) is 4.79 Å². The first-order valence-electron chi connectivity index (χ1n) is 13.6. The molecule has 42 heavy (non-hydrogen) atoms. The van der Waals surface area contributed by atoms with Crippen molar-refractivity contribution in [2.45, 2.75) is 52.3 Å². The first kappa shape index (κ1) is 34.9. The molecule has 1 N–H and O–H groups in total. The number of ether oxygens (including phenoxy) is 3. The van der Waals surface area contributed by atoms with Gasteiger partial charge >= 0.3 is 18.0 Å². The number of nitrogens with one attached hydrogen (secondary N) is 1. The number of carbonyl (C=O) groups excluding carboxylic acids is 3. The number of alkyl halides is 2. The average Bonchev–Trinajstić information content (AvgIpc) is 2.98. The fraction of sp³-hybridized carbons (Fsp3) is 0.406. The molecule has 0 saturated heterocycles. The molecule has 2 aliphatic rings. The number of benzene rings is 2. The lowest BCUT2D eigenvalue weighted by Crippen LogP contribution is -2.39. The number of esters is 2. The van der Waals surface area contributed by atoms with Gasteiger partial charge in [0.1, 0.15) is 5.60 Å². The quantitative estimate of drug-likeness (QED) is 0.191. The van der Waals surface area contributed by atoms with E-state index in [1.807, 2.05) is 45.0 Å². The highest BCUT2D eigenvalue weighted by Crippen LogP contribution is 2.23. The van der Waals surface area contributed by atoms with Gasteiger partial charge in [-0.1, -0.05) is 30.3 Å². The van der Waals surface area contributed by atoms with Crippen molar-refractivity contribution in [3.05, 3.63) is 81.9 Å². The van der Waals surface area contributed by atoms with Crippen molar-refractivity contribution in [1.29, 1.82) is 0 Å². The monoisotopic (exact) mass is 618 g/mol. The van der Waals surface area contributed by atoms with E-state index >= 15 is 0 Å². The largest absolute Gasteiger partial charge is 0.466 e. The molecule has 1 amide bonds. The molecule has 0 fully saturated rings. The molecule has 0 radical (unpaired) electrons. The molecule has 8 nitrogen and oxygen atoms in total. The molecule has 2 heterocycles. The topological polar surface area (TPSA) is 94.2 Å². The number of hydrogen-bond acceptors (Lipinski definition) is 7. The summed E-state index contributed by atoms with van der Waals surface area (Å²) in [6.45, 7) is 8.71. The molecule has 0 saturated carbocycles. The number of fused-ring (bicyclic) bond motifs is 2. The highest BCUT2D eigenvalue weighted by Gasteiger charge is 2.25. The maximum atomic E-state index is 12.2. The fourth-order valence-corrected chi connectivity index (χ4v) is 4.23. The molecule has 0 bridgehead atoms. The maximum absolute atomic E-state index is 12.2. The zero-order valence-corrected chi connectivity index (χ0v) is 26.4. The van der Waals surface area contributed by atoms with Crippen molar-refractivity contribution >= 4 is 53.4 Å². The van der Waals surface area contributed by atoms with Crippen LogP contribution in [0.15, 0.2) is 48.6 Å². The van der Waals surface area contributed by atoms with Gasteiger partial charge in [0, 0.05) is 31.8 Å². The van der Waals surface area contributed by atoms with Crippen LogP contribution in [0.5, 0.6) is 0 Å². The lowest BCUT2D eigenvalue weighted by molar-refractivity contribution is -0.135. The summed E-state index contributed by atoms with van der Waals surface area (Å²) >= 11 is 9.53. The van der Waals surface area contributed by atoms with E-state index in [9.17, 15) is 14.4 Å². The minimum absolute atomic E-state index is 0.194. The van der Waals surface area contributed by atoms with Crippen molar-refractivity contribution in [3.8, 4) is 0 Å². The Labute approximate surface area is 258 Å². The highest BCUT2D eigenvalue weighted by molar-refractivity contribution is 6.40. The Balaban J connectivity index is 0.000000282. The van der Waals surface area contributed by atoms with Crippen LogP contribution in [0.25, 0.3) is 12.2 Å². The summed E-state index contributed by atoms with van der Waals surface area (Å²) in [4.78, 5) is 36.0. The average molecular weight is 620 g/mol. The van der Waals surface area contributed by atoms with Gasteiger partial charge in [0.15, 0.2) is 0 Å². The molecule has 0 unspecified atom stereocenters. The van der Waals surface area contributed by atoms with Crippen LogP contribution >= 0.6 is 23.2 Å². The Morgan fingerprint density at radius 3 is 1.90 bits per heavy atom. The van der Waals surface area contributed by atoms with Gasteiger partial charge in [0.2, 0.25) is 0 Å².